The number of halogens is 3. The van der Waals surface area contributed by atoms with Gasteiger partial charge in [-0.25, -0.2) is 5.43 Å². The molecule has 0 atom stereocenters. The summed E-state index contributed by atoms with van der Waals surface area (Å²) in [6, 6.07) is 3.67. The minimum absolute atomic E-state index is 0.0139. The van der Waals surface area contributed by atoms with Crippen LogP contribution in [-0.4, -0.2) is 17.4 Å². The molecule has 4 nitrogen and oxygen atoms in total. The topological polar surface area (TPSA) is 54.0 Å². The number of amides is 1. The van der Waals surface area contributed by atoms with E-state index in [1.54, 1.807) is 0 Å². The molecular weight excluding hydrogens is 271 g/mol. The highest BCUT2D eigenvalue weighted by molar-refractivity contribution is 5.84. The van der Waals surface area contributed by atoms with E-state index < -0.39 is 11.9 Å². The van der Waals surface area contributed by atoms with E-state index in [4.69, 9.17) is 0 Å². The van der Waals surface area contributed by atoms with Gasteiger partial charge in [0, 0.05) is 12.7 Å². The summed E-state index contributed by atoms with van der Waals surface area (Å²) >= 11 is 0. The number of carbonyl (C=O) groups is 1. The molecule has 1 aliphatic heterocycles. The fourth-order valence-electron chi connectivity index (χ4n) is 2.49. The molecule has 1 spiro atoms. The van der Waals surface area contributed by atoms with Crippen LogP contribution in [-0.2, 0) is 11.0 Å². The number of rotatable bonds is 0. The van der Waals surface area contributed by atoms with E-state index in [9.17, 15) is 18.0 Å². The van der Waals surface area contributed by atoms with Gasteiger partial charge in [-0.1, -0.05) is 18.9 Å². The van der Waals surface area contributed by atoms with Gasteiger partial charge >= 0.3 is 6.18 Å². The van der Waals surface area contributed by atoms with Gasteiger partial charge in [0.2, 0.25) is 5.91 Å². The summed E-state index contributed by atoms with van der Waals surface area (Å²) in [5.74, 6) is 0.213. The van der Waals surface area contributed by atoms with Crippen LogP contribution in [0.3, 0.4) is 0 Å². The number of pyridine rings is 1. The molecule has 1 aromatic heterocycles. The maximum atomic E-state index is 11.7. The second-order valence-corrected chi connectivity index (χ2v) is 5.01. The first-order valence-corrected chi connectivity index (χ1v) is 6.46. The quantitative estimate of drug-likeness (QED) is 0.769. The Bertz CT molecular complexity index is 450. The van der Waals surface area contributed by atoms with Crippen molar-refractivity contribution < 1.29 is 18.0 Å². The highest BCUT2D eigenvalue weighted by Crippen LogP contribution is 2.39. The van der Waals surface area contributed by atoms with Crippen LogP contribution in [0.15, 0.2) is 24.4 Å². The zero-order chi connectivity index (χ0) is 14.6. The van der Waals surface area contributed by atoms with Gasteiger partial charge in [0.15, 0.2) is 0 Å². The second kappa shape index (κ2) is 5.78. The molecule has 110 valence electrons. The Hall–Kier alpha value is -1.63. The molecule has 1 saturated carbocycles. The predicted octanol–water partition coefficient (Wildman–Crippen LogP) is 2.28. The Kier molecular flexibility index (Phi) is 4.27. The number of nitrogens with one attached hydrogen (secondary N) is 2. The first kappa shape index (κ1) is 14.8. The lowest BCUT2D eigenvalue weighted by Crippen LogP contribution is -2.30. The molecule has 1 aliphatic carbocycles. The smallest absolute Gasteiger partial charge is 0.291 e. The van der Waals surface area contributed by atoms with Crippen molar-refractivity contribution in [2.75, 3.05) is 6.54 Å². The predicted molar refractivity (Wildman–Crippen MR) is 66.3 cm³/mol. The van der Waals surface area contributed by atoms with E-state index in [1.807, 2.05) is 0 Å². The van der Waals surface area contributed by atoms with Crippen molar-refractivity contribution in [1.82, 2.24) is 15.8 Å². The molecule has 0 aromatic carbocycles. The Morgan fingerprint density at radius 3 is 2.30 bits per heavy atom. The zero-order valence-electron chi connectivity index (χ0n) is 10.8. The Morgan fingerprint density at radius 1 is 1.20 bits per heavy atom. The summed E-state index contributed by atoms with van der Waals surface area (Å²) in [5, 5.41) is 0. The molecule has 7 heteroatoms. The summed E-state index contributed by atoms with van der Waals surface area (Å²) in [6.45, 7) is 0.839. The van der Waals surface area contributed by atoms with Gasteiger partial charge in [-0.15, -0.1) is 0 Å². The van der Waals surface area contributed by atoms with Crippen LogP contribution in [0.25, 0.3) is 0 Å². The highest BCUT2D eigenvalue weighted by Gasteiger charge is 2.44. The van der Waals surface area contributed by atoms with Gasteiger partial charge < -0.3 is 0 Å². The number of hydrogen-bond donors (Lipinski definition) is 2. The fourth-order valence-corrected chi connectivity index (χ4v) is 2.49. The molecule has 1 saturated heterocycles. The molecule has 1 aromatic rings. The minimum Gasteiger partial charge on any atom is -0.291 e. The lowest BCUT2D eigenvalue weighted by atomic mass is 9.87. The lowest BCUT2D eigenvalue weighted by Gasteiger charge is -2.15. The Morgan fingerprint density at radius 2 is 1.90 bits per heavy atom. The molecule has 2 aliphatic rings. The monoisotopic (exact) mass is 287 g/mol. The fraction of sp³-hybridized carbons (Fsp3) is 0.538. The number of carbonyl (C=O) groups excluding carboxylic acids is 1. The van der Waals surface area contributed by atoms with Crippen molar-refractivity contribution in [2.45, 2.75) is 31.9 Å². The number of aromatic nitrogens is 1. The number of nitrogens with zero attached hydrogens (tertiary/aromatic N) is 1. The minimum atomic E-state index is -4.32. The van der Waals surface area contributed by atoms with E-state index in [1.165, 1.54) is 25.0 Å². The van der Waals surface area contributed by atoms with Crippen LogP contribution in [0.4, 0.5) is 13.2 Å². The van der Waals surface area contributed by atoms with Gasteiger partial charge in [-0.05, 0) is 25.0 Å². The van der Waals surface area contributed by atoms with Gasteiger partial charge in [-0.3, -0.25) is 15.2 Å². The third-order valence-electron chi connectivity index (χ3n) is 3.63. The van der Waals surface area contributed by atoms with Crippen LogP contribution < -0.4 is 10.9 Å². The van der Waals surface area contributed by atoms with Gasteiger partial charge in [0.05, 0.1) is 5.41 Å². The second-order valence-electron chi connectivity index (χ2n) is 5.01. The van der Waals surface area contributed by atoms with Crippen LogP contribution >= 0.6 is 0 Å². The standard InChI is InChI=1S/C7H12N2O.C6H4F3N/c10-6-7(5-8-9-6)3-1-2-4-7;7-6(8,9)5-3-1-2-4-10-5/h8H,1-5H2,(H,9,10);1-4H. The van der Waals surface area contributed by atoms with Crippen molar-refractivity contribution in [3.63, 3.8) is 0 Å². The van der Waals surface area contributed by atoms with Crippen molar-refractivity contribution in [3.8, 4) is 0 Å². The molecule has 1 amide bonds. The number of hydrogen-bond acceptors (Lipinski definition) is 3. The SMILES string of the molecule is FC(F)(F)c1ccccn1.O=C1NNCC12CCCC2. The molecule has 2 heterocycles. The molecule has 2 fully saturated rings. The first-order chi connectivity index (χ1) is 9.44. The van der Waals surface area contributed by atoms with Gasteiger partial charge in [0.25, 0.3) is 0 Å². The molecule has 3 rings (SSSR count). The Labute approximate surface area is 114 Å². The molecule has 0 radical (unpaired) electrons. The maximum absolute atomic E-state index is 11.7. The van der Waals surface area contributed by atoms with Crippen LogP contribution in [0.5, 0.6) is 0 Å². The lowest BCUT2D eigenvalue weighted by molar-refractivity contribution is -0.141. The third kappa shape index (κ3) is 3.27. The molecule has 0 unspecified atom stereocenters. The number of hydrazine groups is 1. The highest BCUT2D eigenvalue weighted by atomic mass is 19.4. The van der Waals surface area contributed by atoms with Crippen molar-refractivity contribution in [3.05, 3.63) is 30.1 Å². The maximum Gasteiger partial charge on any atom is 0.433 e. The average molecular weight is 287 g/mol. The number of alkyl halides is 3. The van der Waals surface area contributed by atoms with E-state index in [-0.39, 0.29) is 11.3 Å². The van der Waals surface area contributed by atoms with E-state index >= 15 is 0 Å². The first-order valence-electron chi connectivity index (χ1n) is 6.46. The molecule has 2 N–H and O–H groups in total. The summed E-state index contributed by atoms with van der Waals surface area (Å²) < 4.78 is 35.2. The van der Waals surface area contributed by atoms with Gasteiger partial charge in [0.1, 0.15) is 5.69 Å². The summed E-state index contributed by atoms with van der Waals surface area (Å²) in [6.07, 6.45) is 1.38. The van der Waals surface area contributed by atoms with Crippen molar-refractivity contribution in [1.29, 1.82) is 0 Å². The van der Waals surface area contributed by atoms with Crippen LogP contribution in [0.1, 0.15) is 31.4 Å². The van der Waals surface area contributed by atoms with E-state index in [0.717, 1.165) is 31.6 Å². The molecular formula is C13H16F3N3O. The van der Waals surface area contributed by atoms with Crippen LogP contribution in [0.2, 0.25) is 0 Å². The van der Waals surface area contributed by atoms with Gasteiger partial charge in [-0.2, -0.15) is 13.2 Å². The third-order valence-corrected chi connectivity index (χ3v) is 3.63. The normalized spacial score (nSPS) is 20.4. The van der Waals surface area contributed by atoms with Crippen LogP contribution in [0, 0.1) is 5.41 Å². The van der Waals surface area contributed by atoms with Crippen molar-refractivity contribution >= 4 is 5.91 Å². The zero-order valence-corrected chi connectivity index (χ0v) is 10.8. The van der Waals surface area contributed by atoms with Crippen molar-refractivity contribution in [2.24, 2.45) is 5.41 Å². The summed E-state index contributed by atoms with van der Waals surface area (Å²) in [7, 11) is 0. The average Bonchev–Trinajstić information content (AvgIpc) is 3.03. The molecule has 0 bridgehead atoms. The summed E-state index contributed by atoms with van der Waals surface area (Å²) in [4.78, 5) is 14.3. The molecule has 20 heavy (non-hydrogen) atoms. The Balaban J connectivity index is 0.000000147. The largest absolute Gasteiger partial charge is 0.433 e. The van der Waals surface area contributed by atoms with E-state index in [2.05, 4.69) is 15.8 Å². The summed E-state index contributed by atoms with van der Waals surface area (Å²) in [5.41, 5.74) is 4.70. The van der Waals surface area contributed by atoms with E-state index in [0.29, 0.717) is 0 Å².